The Kier molecular flexibility index (Phi) is 9.35. The zero-order chi connectivity index (χ0) is 14.0. The van der Waals surface area contributed by atoms with Crippen molar-refractivity contribution in [2.45, 2.75) is 45.7 Å². The van der Waals surface area contributed by atoms with Gasteiger partial charge in [-0.25, -0.2) is 0 Å². The molecule has 18 heavy (non-hydrogen) atoms. The van der Waals surface area contributed by atoms with Gasteiger partial charge in [-0.3, -0.25) is 4.79 Å². The summed E-state index contributed by atoms with van der Waals surface area (Å²) in [6.45, 7) is 8.48. The van der Waals surface area contributed by atoms with Crippen LogP contribution in [0.3, 0.4) is 0 Å². The number of unbranched alkanes of at least 4 members (excludes halogenated alkanes) is 1. The Morgan fingerprint density at radius 2 is 2.00 bits per heavy atom. The predicted molar refractivity (Wildman–Crippen MR) is 76.3 cm³/mol. The highest BCUT2D eigenvalue weighted by atomic mass is 16.2. The Hall–Kier alpha value is -1.05. The maximum Gasteiger partial charge on any atom is 0.237 e. The first-order valence-corrected chi connectivity index (χ1v) is 6.63. The van der Waals surface area contributed by atoms with Crippen LogP contribution in [0.2, 0.25) is 0 Å². The number of nitrogens with zero attached hydrogens (tertiary/aromatic N) is 1. The lowest BCUT2D eigenvalue weighted by Crippen LogP contribution is -2.42. The Morgan fingerprint density at radius 1 is 1.33 bits per heavy atom. The van der Waals surface area contributed by atoms with Gasteiger partial charge in [-0.15, -0.1) is 6.42 Å². The van der Waals surface area contributed by atoms with Crippen molar-refractivity contribution >= 4 is 5.91 Å². The normalized spacial score (nSPS) is 12.5. The minimum absolute atomic E-state index is 0.0350. The SMILES string of the molecule is C#CCNC(=O)C(C)NCCCCN(C)C(C)C. The molecule has 0 fully saturated rings. The highest BCUT2D eigenvalue weighted by Gasteiger charge is 2.10. The van der Waals surface area contributed by atoms with Gasteiger partial charge < -0.3 is 15.5 Å². The quantitative estimate of drug-likeness (QED) is 0.473. The van der Waals surface area contributed by atoms with Gasteiger partial charge in [0.1, 0.15) is 0 Å². The molecule has 0 rings (SSSR count). The summed E-state index contributed by atoms with van der Waals surface area (Å²) in [5.41, 5.74) is 0. The molecule has 4 heteroatoms. The molecule has 0 aliphatic carbocycles. The molecule has 0 aromatic heterocycles. The van der Waals surface area contributed by atoms with Crippen LogP contribution >= 0.6 is 0 Å². The largest absolute Gasteiger partial charge is 0.344 e. The number of carbonyl (C=O) groups is 1. The number of carbonyl (C=O) groups excluding carboxylic acids is 1. The summed E-state index contributed by atoms with van der Waals surface area (Å²) in [4.78, 5) is 13.8. The molecule has 0 heterocycles. The molecule has 0 saturated heterocycles. The fourth-order valence-corrected chi connectivity index (χ4v) is 1.45. The summed E-state index contributed by atoms with van der Waals surface area (Å²) in [5, 5.41) is 5.86. The molecule has 0 spiro atoms. The van der Waals surface area contributed by atoms with Crippen molar-refractivity contribution in [3.05, 3.63) is 0 Å². The second-order valence-corrected chi connectivity index (χ2v) is 4.88. The van der Waals surface area contributed by atoms with E-state index in [0.29, 0.717) is 12.6 Å². The highest BCUT2D eigenvalue weighted by Crippen LogP contribution is 1.97. The van der Waals surface area contributed by atoms with E-state index >= 15 is 0 Å². The standard InChI is InChI=1S/C14H27N3O/c1-6-9-16-14(18)13(4)15-10-7-8-11-17(5)12(2)3/h1,12-13,15H,7-11H2,2-5H3,(H,16,18). The molecule has 0 aromatic carbocycles. The average molecular weight is 253 g/mol. The van der Waals surface area contributed by atoms with Crippen LogP contribution in [0.25, 0.3) is 0 Å². The molecule has 104 valence electrons. The maximum absolute atomic E-state index is 11.5. The van der Waals surface area contributed by atoms with Crippen molar-refractivity contribution < 1.29 is 4.79 Å². The molecule has 0 saturated carbocycles. The third-order valence-electron chi connectivity index (χ3n) is 3.03. The van der Waals surface area contributed by atoms with Crippen LogP contribution in [0.5, 0.6) is 0 Å². The first-order valence-electron chi connectivity index (χ1n) is 6.63. The van der Waals surface area contributed by atoms with Gasteiger partial charge in [-0.05, 0) is 53.8 Å². The number of amides is 1. The van der Waals surface area contributed by atoms with Gasteiger partial charge in [0.25, 0.3) is 0 Å². The van der Waals surface area contributed by atoms with E-state index in [0.717, 1.165) is 25.9 Å². The highest BCUT2D eigenvalue weighted by molar-refractivity contribution is 5.81. The number of rotatable bonds is 9. The third kappa shape index (κ3) is 8.10. The van der Waals surface area contributed by atoms with Crippen molar-refractivity contribution in [3.63, 3.8) is 0 Å². The van der Waals surface area contributed by atoms with Crippen molar-refractivity contribution in [1.29, 1.82) is 0 Å². The fourth-order valence-electron chi connectivity index (χ4n) is 1.45. The van der Waals surface area contributed by atoms with Gasteiger partial charge >= 0.3 is 0 Å². The van der Waals surface area contributed by atoms with Gasteiger partial charge in [0.15, 0.2) is 0 Å². The second kappa shape index (κ2) is 9.93. The van der Waals surface area contributed by atoms with Crippen molar-refractivity contribution in [3.8, 4) is 12.3 Å². The van der Waals surface area contributed by atoms with E-state index in [1.807, 2.05) is 6.92 Å². The lowest BCUT2D eigenvalue weighted by molar-refractivity contribution is -0.122. The van der Waals surface area contributed by atoms with Gasteiger partial charge in [-0.1, -0.05) is 5.92 Å². The Bertz CT molecular complexity index is 271. The number of nitrogens with one attached hydrogen (secondary N) is 2. The maximum atomic E-state index is 11.5. The number of hydrogen-bond donors (Lipinski definition) is 2. The van der Waals surface area contributed by atoms with Crippen LogP contribution < -0.4 is 10.6 Å². The summed E-state index contributed by atoms with van der Waals surface area (Å²) >= 11 is 0. The molecule has 0 aliphatic rings. The molecule has 2 N–H and O–H groups in total. The van der Waals surface area contributed by atoms with E-state index in [9.17, 15) is 4.79 Å². The van der Waals surface area contributed by atoms with Gasteiger partial charge in [0, 0.05) is 6.04 Å². The molecule has 4 nitrogen and oxygen atoms in total. The summed E-state index contributed by atoms with van der Waals surface area (Å²) < 4.78 is 0. The molecule has 0 aromatic rings. The first-order chi connectivity index (χ1) is 8.49. The Morgan fingerprint density at radius 3 is 2.56 bits per heavy atom. The average Bonchev–Trinajstić information content (AvgIpc) is 2.34. The molecular formula is C14H27N3O. The number of terminal acetylenes is 1. The summed E-state index contributed by atoms with van der Waals surface area (Å²) in [6.07, 6.45) is 7.29. The zero-order valence-corrected chi connectivity index (χ0v) is 12.1. The second-order valence-electron chi connectivity index (χ2n) is 4.88. The summed E-state index contributed by atoms with van der Waals surface area (Å²) in [6, 6.07) is 0.410. The van der Waals surface area contributed by atoms with Crippen molar-refractivity contribution in [2.24, 2.45) is 0 Å². The van der Waals surface area contributed by atoms with Crippen LogP contribution in [-0.4, -0.2) is 49.6 Å². The van der Waals surface area contributed by atoms with Crippen LogP contribution in [-0.2, 0) is 4.79 Å². The molecule has 0 aliphatic heterocycles. The number of hydrogen-bond acceptors (Lipinski definition) is 3. The molecule has 0 radical (unpaired) electrons. The molecule has 1 unspecified atom stereocenters. The fraction of sp³-hybridized carbons (Fsp3) is 0.786. The van der Waals surface area contributed by atoms with Crippen LogP contribution in [0.1, 0.15) is 33.6 Å². The van der Waals surface area contributed by atoms with Gasteiger partial charge in [0.05, 0.1) is 12.6 Å². The van der Waals surface area contributed by atoms with E-state index < -0.39 is 0 Å². The van der Waals surface area contributed by atoms with E-state index in [2.05, 4.69) is 42.3 Å². The summed E-state index contributed by atoms with van der Waals surface area (Å²) in [5.74, 6) is 2.35. The minimum Gasteiger partial charge on any atom is -0.344 e. The van der Waals surface area contributed by atoms with Gasteiger partial charge in [0.2, 0.25) is 5.91 Å². The zero-order valence-electron chi connectivity index (χ0n) is 12.1. The van der Waals surface area contributed by atoms with E-state index in [1.165, 1.54) is 0 Å². The Labute approximate surface area is 112 Å². The monoisotopic (exact) mass is 253 g/mol. The first kappa shape index (κ1) is 16.9. The molecule has 1 atom stereocenters. The smallest absolute Gasteiger partial charge is 0.237 e. The van der Waals surface area contributed by atoms with E-state index in [-0.39, 0.29) is 11.9 Å². The minimum atomic E-state index is -0.179. The lowest BCUT2D eigenvalue weighted by Gasteiger charge is -2.21. The van der Waals surface area contributed by atoms with E-state index in [1.54, 1.807) is 0 Å². The van der Waals surface area contributed by atoms with Crippen LogP contribution in [0, 0.1) is 12.3 Å². The molecule has 1 amide bonds. The summed E-state index contributed by atoms with van der Waals surface area (Å²) in [7, 11) is 2.13. The lowest BCUT2D eigenvalue weighted by atomic mass is 10.2. The van der Waals surface area contributed by atoms with Crippen molar-refractivity contribution in [1.82, 2.24) is 15.5 Å². The topological polar surface area (TPSA) is 44.4 Å². The van der Waals surface area contributed by atoms with Crippen molar-refractivity contribution in [2.75, 3.05) is 26.7 Å². The van der Waals surface area contributed by atoms with Gasteiger partial charge in [-0.2, -0.15) is 0 Å². The van der Waals surface area contributed by atoms with E-state index in [4.69, 9.17) is 6.42 Å². The predicted octanol–water partition coefficient (Wildman–Crippen LogP) is 0.834. The third-order valence-corrected chi connectivity index (χ3v) is 3.03. The molecule has 0 bridgehead atoms. The van der Waals surface area contributed by atoms with Crippen LogP contribution in [0.4, 0.5) is 0 Å². The Balaban J connectivity index is 3.54. The molecular weight excluding hydrogens is 226 g/mol. The van der Waals surface area contributed by atoms with Crippen LogP contribution in [0.15, 0.2) is 0 Å².